The molecule has 1 aliphatic heterocycles. The largest absolute Gasteiger partial charge is 0.462 e. The number of benzene rings is 3. The van der Waals surface area contributed by atoms with Crippen molar-refractivity contribution in [3.05, 3.63) is 89.5 Å². The molecule has 0 saturated heterocycles. The third-order valence-corrected chi connectivity index (χ3v) is 5.02. The normalized spacial score (nSPS) is 12.8. The second-order valence-corrected chi connectivity index (χ2v) is 7.10. The molecule has 1 atom stereocenters. The lowest BCUT2D eigenvalue weighted by Gasteiger charge is -2.20. The molecule has 0 saturated carbocycles. The first-order valence-corrected chi connectivity index (χ1v) is 10.2. The van der Waals surface area contributed by atoms with Crippen molar-refractivity contribution in [1.82, 2.24) is 0 Å². The van der Waals surface area contributed by atoms with Gasteiger partial charge in [0.15, 0.2) is 17.3 Å². The van der Waals surface area contributed by atoms with Gasteiger partial charge in [-0.25, -0.2) is 4.79 Å². The minimum atomic E-state index is -0.361. The van der Waals surface area contributed by atoms with E-state index in [0.717, 1.165) is 11.3 Å². The lowest BCUT2D eigenvalue weighted by Crippen LogP contribution is -2.16. The van der Waals surface area contributed by atoms with Crippen LogP contribution < -0.4 is 14.8 Å². The number of Topliss-reactive ketones (excluding diaryl/α,β-unsaturated/α-hetero) is 1. The second kappa shape index (κ2) is 9.34. The van der Waals surface area contributed by atoms with Gasteiger partial charge in [0.2, 0.25) is 6.79 Å². The molecule has 6 nitrogen and oxygen atoms in total. The summed E-state index contributed by atoms with van der Waals surface area (Å²) in [6, 6.07) is 21.6. The van der Waals surface area contributed by atoms with Crippen molar-refractivity contribution in [2.24, 2.45) is 0 Å². The van der Waals surface area contributed by atoms with Crippen LogP contribution in [0.15, 0.2) is 72.8 Å². The van der Waals surface area contributed by atoms with Gasteiger partial charge in [0.25, 0.3) is 0 Å². The van der Waals surface area contributed by atoms with Crippen LogP contribution in [0.5, 0.6) is 11.5 Å². The van der Waals surface area contributed by atoms with Gasteiger partial charge < -0.3 is 19.5 Å². The number of hydrogen-bond acceptors (Lipinski definition) is 6. The minimum Gasteiger partial charge on any atom is -0.462 e. The molecule has 0 amide bonds. The number of rotatable bonds is 8. The van der Waals surface area contributed by atoms with E-state index in [-0.39, 0.29) is 31.0 Å². The van der Waals surface area contributed by atoms with Crippen LogP contribution in [0, 0.1) is 0 Å². The molecule has 31 heavy (non-hydrogen) atoms. The van der Waals surface area contributed by atoms with Crippen LogP contribution >= 0.6 is 0 Å². The van der Waals surface area contributed by atoms with Gasteiger partial charge >= 0.3 is 5.97 Å². The van der Waals surface area contributed by atoms with E-state index in [1.165, 1.54) is 0 Å². The number of carbonyl (C=O) groups is 2. The molecule has 0 unspecified atom stereocenters. The number of fused-ring (bicyclic) bond motifs is 1. The number of nitrogens with one attached hydrogen (secondary N) is 1. The van der Waals surface area contributed by atoms with E-state index < -0.39 is 0 Å². The smallest absolute Gasteiger partial charge is 0.338 e. The third-order valence-electron chi connectivity index (χ3n) is 5.02. The zero-order valence-corrected chi connectivity index (χ0v) is 17.2. The van der Waals surface area contributed by atoms with Crippen molar-refractivity contribution in [1.29, 1.82) is 0 Å². The lowest BCUT2D eigenvalue weighted by atomic mass is 9.97. The lowest BCUT2D eigenvalue weighted by molar-refractivity contribution is 0.0526. The predicted molar refractivity (Wildman–Crippen MR) is 117 cm³/mol. The Hall–Kier alpha value is -3.80. The Morgan fingerprint density at radius 1 is 0.935 bits per heavy atom. The number of esters is 1. The average molecular weight is 417 g/mol. The fraction of sp³-hybridized carbons (Fsp3) is 0.200. The van der Waals surface area contributed by atoms with E-state index >= 15 is 0 Å². The summed E-state index contributed by atoms with van der Waals surface area (Å²) in [6.07, 6.45) is 0.253. The van der Waals surface area contributed by atoms with Crippen LogP contribution in [0.1, 0.15) is 45.7 Å². The zero-order chi connectivity index (χ0) is 21.6. The first kappa shape index (κ1) is 20.5. The standard InChI is InChI=1S/C25H23NO5/c1-2-29-25(28)18-8-11-20(12-9-18)26-21(15-22(27)17-6-4-3-5-7-17)19-10-13-23-24(14-19)31-16-30-23/h3-14,21,26H,2,15-16H2,1H3/t21-/m1/s1. The molecule has 158 valence electrons. The molecular weight excluding hydrogens is 394 g/mol. The second-order valence-electron chi connectivity index (χ2n) is 7.10. The van der Waals surface area contributed by atoms with Gasteiger partial charge in [0.05, 0.1) is 18.2 Å². The molecule has 1 aliphatic rings. The maximum Gasteiger partial charge on any atom is 0.338 e. The Morgan fingerprint density at radius 3 is 2.42 bits per heavy atom. The highest BCUT2D eigenvalue weighted by Gasteiger charge is 2.21. The number of anilines is 1. The van der Waals surface area contributed by atoms with Crippen molar-refractivity contribution in [3.8, 4) is 11.5 Å². The average Bonchev–Trinajstić information content (AvgIpc) is 3.28. The summed E-state index contributed by atoms with van der Waals surface area (Å²) in [7, 11) is 0. The summed E-state index contributed by atoms with van der Waals surface area (Å²) in [5.74, 6) is 1.02. The predicted octanol–water partition coefficient (Wildman–Crippen LogP) is 5.02. The van der Waals surface area contributed by atoms with Gasteiger partial charge in [0.1, 0.15) is 0 Å². The van der Waals surface area contributed by atoms with E-state index in [2.05, 4.69) is 5.32 Å². The van der Waals surface area contributed by atoms with Crippen LogP contribution in [0.3, 0.4) is 0 Å². The van der Waals surface area contributed by atoms with Crippen molar-refractivity contribution in [2.45, 2.75) is 19.4 Å². The summed E-state index contributed by atoms with van der Waals surface area (Å²) in [6.45, 7) is 2.29. The molecule has 1 heterocycles. The topological polar surface area (TPSA) is 73.9 Å². The fourth-order valence-electron chi connectivity index (χ4n) is 3.43. The Balaban J connectivity index is 1.57. The van der Waals surface area contributed by atoms with Crippen molar-refractivity contribution in [2.75, 3.05) is 18.7 Å². The Morgan fingerprint density at radius 2 is 1.68 bits per heavy atom. The molecule has 3 aromatic carbocycles. The van der Waals surface area contributed by atoms with Gasteiger partial charge in [-0.3, -0.25) is 4.79 Å². The van der Waals surface area contributed by atoms with Crippen molar-refractivity contribution in [3.63, 3.8) is 0 Å². The van der Waals surface area contributed by atoms with Crippen LogP contribution in [-0.4, -0.2) is 25.2 Å². The van der Waals surface area contributed by atoms with Crippen molar-refractivity contribution >= 4 is 17.4 Å². The minimum absolute atomic E-state index is 0.0268. The number of ether oxygens (including phenoxy) is 3. The SMILES string of the molecule is CCOC(=O)c1ccc(N[C@H](CC(=O)c2ccccc2)c2ccc3c(c2)OCO3)cc1. The van der Waals surface area contributed by atoms with Crippen LogP contribution in [0.4, 0.5) is 5.69 Å². The van der Waals surface area contributed by atoms with Crippen LogP contribution in [-0.2, 0) is 4.74 Å². The quantitative estimate of drug-likeness (QED) is 0.410. The van der Waals surface area contributed by atoms with Gasteiger partial charge in [-0.05, 0) is 48.9 Å². The maximum atomic E-state index is 12.9. The molecule has 0 aliphatic carbocycles. The molecule has 0 spiro atoms. The fourth-order valence-corrected chi connectivity index (χ4v) is 3.43. The first-order valence-electron chi connectivity index (χ1n) is 10.2. The van der Waals surface area contributed by atoms with Crippen molar-refractivity contribution < 1.29 is 23.8 Å². The monoisotopic (exact) mass is 417 g/mol. The highest BCUT2D eigenvalue weighted by Crippen LogP contribution is 2.36. The highest BCUT2D eigenvalue weighted by atomic mass is 16.7. The number of carbonyl (C=O) groups excluding carboxylic acids is 2. The molecular formula is C25H23NO5. The van der Waals surface area contributed by atoms with E-state index in [0.29, 0.717) is 29.2 Å². The van der Waals surface area contributed by atoms with Gasteiger partial charge in [0, 0.05) is 17.7 Å². The van der Waals surface area contributed by atoms with E-state index in [1.807, 2.05) is 48.5 Å². The zero-order valence-electron chi connectivity index (χ0n) is 17.2. The van der Waals surface area contributed by atoms with Gasteiger partial charge in [-0.1, -0.05) is 36.4 Å². The van der Waals surface area contributed by atoms with Gasteiger partial charge in [-0.2, -0.15) is 0 Å². The van der Waals surface area contributed by atoms with E-state index in [4.69, 9.17) is 14.2 Å². The summed E-state index contributed by atoms with van der Waals surface area (Å²) in [5.41, 5.74) is 2.83. The molecule has 0 bridgehead atoms. The highest BCUT2D eigenvalue weighted by molar-refractivity contribution is 5.96. The molecule has 3 aromatic rings. The molecule has 1 N–H and O–H groups in total. The van der Waals surface area contributed by atoms with Crippen LogP contribution in [0.25, 0.3) is 0 Å². The van der Waals surface area contributed by atoms with E-state index in [9.17, 15) is 9.59 Å². The molecule has 6 heteroatoms. The molecule has 0 radical (unpaired) electrons. The summed E-state index contributed by atoms with van der Waals surface area (Å²) in [4.78, 5) is 24.8. The third kappa shape index (κ3) is 4.86. The summed E-state index contributed by atoms with van der Waals surface area (Å²) in [5, 5.41) is 3.42. The maximum absolute atomic E-state index is 12.9. The summed E-state index contributed by atoms with van der Waals surface area (Å²) >= 11 is 0. The van der Waals surface area contributed by atoms with Gasteiger partial charge in [-0.15, -0.1) is 0 Å². The number of hydrogen-bond donors (Lipinski definition) is 1. The van der Waals surface area contributed by atoms with E-state index in [1.54, 1.807) is 31.2 Å². The van der Waals surface area contributed by atoms with Crippen LogP contribution in [0.2, 0.25) is 0 Å². The first-order chi connectivity index (χ1) is 15.1. The number of ketones is 1. The molecule has 0 aromatic heterocycles. The Bertz CT molecular complexity index is 1060. The summed E-state index contributed by atoms with van der Waals surface area (Å²) < 4.78 is 15.9. The Labute approximate surface area is 180 Å². The Kier molecular flexibility index (Phi) is 6.17. The molecule has 4 rings (SSSR count). The molecule has 0 fully saturated rings.